The highest BCUT2D eigenvalue weighted by Gasteiger charge is 2.44. The van der Waals surface area contributed by atoms with Crippen molar-refractivity contribution in [1.29, 1.82) is 5.41 Å². The Hall–Kier alpha value is -8.22. The van der Waals surface area contributed by atoms with Crippen molar-refractivity contribution in [2.24, 2.45) is 0 Å². The fourth-order valence-electron chi connectivity index (χ4n) is 9.09. The molecule has 0 saturated carbocycles. The number of nitrogens with zero attached hydrogens (tertiary/aromatic N) is 6. The third-order valence-corrected chi connectivity index (χ3v) is 15.2. The molecule has 1 fully saturated rings. The van der Waals surface area contributed by atoms with Crippen LogP contribution < -0.4 is 32.4 Å². The van der Waals surface area contributed by atoms with E-state index < -0.39 is 143 Å². The fraction of sp³-hybridized carbons (Fsp3) is 0.481. The summed E-state index contributed by atoms with van der Waals surface area (Å²) in [5.41, 5.74) is 3.11. The van der Waals surface area contributed by atoms with Gasteiger partial charge in [-0.1, -0.05) is 10.4 Å². The maximum absolute atomic E-state index is 13.6. The lowest BCUT2D eigenvalue weighted by molar-refractivity contribution is -0.299. The van der Waals surface area contributed by atoms with Crippen LogP contribution in [-0.2, 0) is 89.0 Å². The molecule has 4 heterocycles. The molecule has 502 valence electrons. The van der Waals surface area contributed by atoms with E-state index in [-0.39, 0.29) is 120 Å². The summed E-state index contributed by atoms with van der Waals surface area (Å²) in [6.45, 7) is 5.63. The van der Waals surface area contributed by atoms with Crippen molar-refractivity contribution >= 4 is 66.7 Å². The predicted octanol–water partition coefficient (Wildman–Crippen LogP) is -2.18. The number of carboxylic acid groups (broad SMARTS) is 1. The molecule has 3 aliphatic rings. The monoisotopic (exact) mass is 1330 g/mol. The topological polar surface area (TPSA) is 532 Å². The van der Waals surface area contributed by atoms with Gasteiger partial charge in [0.05, 0.1) is 108 Å². The van der Waals surface area contributed by atoms with Gasteiger partial charge >= 0.3 is 12.1 Å². The summed E-state index contributed by atoms with van der Waals surface area (Å²) in [6.07, 6.45) is -5.21. The second kappa shape index (κ2) is 31.9. The molecular formula is C54H70N12O24S2. The Bertz CT molecular complexity index is 3840. The SMILES string of the molecule is CC(C)(C)OC(=O)N[C@@H](Cc1cn(CCOCCOCCNC(=O)CO[C@@H]2O[C@H](CO)[C@@H](O)[C@H](O)[C@H]2O)nn1)C(=O)NCCOCCOCCn1cc(CNC(=O)c2ccc(C(=O)O)c(-c3c4ccc(=N)c(S(=O)(=O)O)c-4oc4c(S(=O)(=O)O)c(N)ccc34)c2)nn1. The van der Waals surface area contributed by atoms with E-state index in [4.69, 9.17) is 48.7 Å². The number of nitrogens with two attached hydrogens (primary N) is 1. The van der Waals surface area contributed by atoms with Gasteiger partial charge in [-0.15, -0.1) is 10.2 Å². The number of aromatic carboxylic acids is 1. The number of aromatic nitrogens is 6. The lowest BCUT2D eigenvalue weighted by Gasteiger charge is -2.39. The number of alkyl carbamates (subject to hydrolysis) is 1. The molecule has 0 bridgehead atoms. The Morgan fingerprint density at radius 2 is 1.36 bits per heavy atom. The van der Waals surface area contributed by atoms with Crippen LogP contribution in [0.25, 0.3) is 33.4 Å². The van der Waals surface area contributed by atoms with Crippen molar-refractivity contribution in [1.82, 2.24) is 51.3 Å². The number of carbonyl (C=O) groups is 5. The van der Waals surface area contributed by atoms with Gasteiger partial charge < -0.3 is 90.1 Å². The standard InChI is InChI=1S/C54H70N12O24S2/c1-54(2,3)90-53(76)60-38(23-30-25-65(63-61-30)12-16-85-20-18-83-14-10-57-40(68)28-87-52-44(71)43(70)42(69)39(27-67)88-52)50(73)58-11-15-84-19-21-86-17-13-66-26-31(62-64-66)24-59-49(72)29-4-5-32(51(74)75)35(22-29)41-33-6-8-36(55)47(91(77,78)79)45(33)89-46-34(41)7-9-37(56)48(46)92(80,81)82/h4-9,22,25-26,38-39,42-44,52,55,67,69-71H,10-21,23-24,27-28,56H2,1-3H3,(H,57,68)(H,58,73)(H,59,72)(H,60,76)(H,74,75)(H,77,78,79)(H,80,81,82)/t38-,39+,42+,43-,44+,52+/m0/s1. The van der Waals surface area contributed by atoms with E-state index in [0.29, 0.717) is 11.4 Å². The number of ether oxygens (including phenoxy) is 7. The van der Waals surface area contributed by atoms with Crippen LogP contribution in [0, 0.1) is 5.41 Å². The van der Waals surface area contributed by atoms with Gasteiger partial charge in [0.25, 0.3) is 26.1 Å². The maximum Gasteiger partial charge on any atom is 0.408 e. The minimum absolute atomic E-state index is 0.0461. The third-order valence-electron chi connectivity index (χ3n) is 13.3. The fourth-order valence-corrected chi connectivity index (χ4v) is 10.6. The van der Waals surface area contributed by atoms with Crippen LogP contribution in [0.1, 0.15) is 52.9 Å². The highest BCUT2D eigenvalue weighted by molar-refractivity contribution is 7.86. The van der Waals surface area contributed by atoms with Gasteiger partial charge in [-0.25, -0.2) is 19.0 Å². The zero-order chi connectivity index (χ0) is 67.1. The van der Waals surface area contributed by atoms with E-state index in [1.807, 2.05) is 0 Å². The first-order valence-electron chi connectivity index (χ1n) is 28.1. The quantitative estimate of drug-likeness (QED) is 0.00902. The van der Waals surface area contributed by atoms with Gasteiger partial charge in [0, 0.05) is 47.8 Å². The molecule has 0 radical (unpaired) electrons. The molecule has 6 atom stereocenters. The van der Waals surface area contributed by atoms with Crippen LogP contribution in [0.4, 0.5) is 10.5 Å². The first-order valence-corrected chi connectivity index (χ1v) is 30.9. The second-order valence-electron chi connectivity index (χ2n) is 21.3. The largest absolute Gasteiger partial charge is 0.478 e. The Morgan fingerprint density at radius 1 is 0.750 bits per heavy atom. The molecular weight excluding hydrogens is 1260 g/mol. The lowest BCUT2D eigenvalue weighted by Crippen LogP contribution is -2.59. The minimum Gasteiger partial charge on any atom is -0.478 e. The van der Waals surface area contributed by atoms with E-state index in [2.05, 4.69) is 41.9 Å². The molecule has 38 heteroatoms. The van der Waals surface area contributed by atoms with E-state index in [9.17, 15) is 75.4 Å². The number of nitrogens with one attached hydrogen (secondary N) is 5. The van der Waals surface area contributed by atoms with Crippen molar-refractivity contribution in [3.63, 3.8) is 0 Å². The summed E-state index contributed by atoms with van der Waals surface area (Å²) in [5, 5.41) is 83.3. The summed E-state index contributed by atoms with van der Waals surface area (Å²) in [4.78, 5) is 62.4. The molecule has 4 amide bonds. The van der Waals surface area contributed by atoms with Gasteiger partial charge in [-0.05, 0) is 68.8 Å². The Labute approximate surface area is 523 Å². The van der Waals surface area contributed by atoms with Gasteiger partial charge in [0.2, 0.25) is 11.8 Å². The van der Waals surface area contributed by atoms with Crippen molar-refractivity contribution in [2.45, 2.75) is 99.0 Å². The first-order chi connectivity index (χ1) is 43.5. The average molecular weight is 1340 g/mol. The summed E-state index contributed by atoms with van der Waals surface area (Å²) in [5.74, 6) is -4.19. The number of aliphatic hydroxyl groups is 4. The number of hydrogen-bond donors (Lipinski definition) is 13. The van der Waals surface area contributed by atoms with E-state index in [1.165, 1.54) is 33.8 Å². The van der Waals surface area contributed by atoms with Crippen molar-refractivity contribution in [2.75, 3.05) is 84.9 Å². The number of hydrogen-bond acceptors (Lipinski definition) is 27. The molecule has 2 aromatic heterocycles. The molecule has 4 aromatic rings. The van der Waals surface area contributed by atoms with Crippen molar-refractivity contribution < 1.29 is 113 Å². The van der Waals surface area contributed by atoms with Crippen LogP contribution in [0.5, 0.6) is 0 Å². The van der Waals surface area contributed by atoms with E-state index in [1.54, 1.807) is 27.0 Å². The van der Waals surface area contributed by atoms with Crippen LogP contribution in [0.3, 0.4) is 0 Å². The van der Waals surface area contributed by atoms with Crippen LogP contribution in [-0.4, -0.2) is 233 Å². The van der Waals surface area contributed by atoms with Crippen LogP contribution in [0.15, 0.2) is 69.1 Å². The molecule has 1 saturated heterocycles. The molecule has 14 N–H and O–H groups in total. The zero-order valence-electron chi connectivity index (χ0n) is 49.6. The first kappa shape index (κ1) is 71.2. The molecule has 36 nitrogen and oxygen atoms in total. The van der Waals surface area contributed by atoms with Gasteiger partial charge in [0.1, 0.15) is 48.4 Å². The number of rotatable bonds is 33. The number of nitrogen functional groups attached to an aromatic ring is 1. The number of fused-ring (bicyclic) bond motifs is 2. The number of aliphatic hydroxyl groups excluding tert-OH is 4. The van der Waals surface area contributed by atoms with Crippen LogP contribution in [0.2, 0.25) is 0 Å². The molecule has 7 rings (SSSR count). The summed E-state index contributed by atoms with van der Waals surface area (Å²) in [7, 11) is -10.5. The Balaban J connectivity index is 0.813. The number of benzene rings is 3. The number of carbonyl (C=O) groups excluding carboxylic acids is 4. The van der Waals surface area contributed by atoms with E-state index in [0.717, 1.165) is 24.3 Å². The van der Waals surface area contributed by atoms with Crippen molar-refractivity contribution in [3.8, 4) is 22.5 Å². The highest BCUT2D eigenvalue weighted by Crippen LogP contribution is 2.46. The Kier molecular flexibility index (Phi) is 24.7. The van der Waals surface area contributed by atoms with Crippen LogP contribution >= 0.6 is 0 Å². The normalized spacial score (nSPS) is 17.3. The smallest absolute Gasteiger partial charge is 0.408 e. The minimum atomic E-state index is -5.28. The zero-order valence-corrected chi connectivity index (χ0v) is 51.3. The van der Waals surface area contributed by atoms with Crippen molar-refractivity contribution in [3.05, 3.63) is 82.7 Å². The molecule has 0 unspecified atom stereocenters. The summed E-state index contributed by atoms with van der Waals surface area (Å²) in [6, 6.07) is 6.69. The third kappa shape index (κ3) is 19.4. The molecule has 2 aromatic carbocycles. The lowest BCUT2D eigenvalue weighted by atomic mass is 9.89. The molecule has 92 heavy (non-hydrogen) atoms. The van der Waals surface area contributed by atoms with Gasteiger partial charge in [-0.3, -0.25) is 28.9 Å². The maximum atomic E-state index is 13.6. The number of anilines is 1. The predicted molar refractivity (Wildman–Crippen MR) is 312 cm³/mol. The molecule has 2 aliphatic heterocycles. The number of amides is 4. The van der Waals surface area contributed by atoms with E-state index >= 15 is 0 Å². The van der Waals surface area contributed by atoms with Gasteiger partial charge in [-0.2, -0.15) is 16.8 Å². The summed E-state index contributed by atoms with van der Waals surface area (Å²) >= 11 is 0. The Morgan fingerprint density at radius 3 is 1.97 bits per heavy atom. The highest BCUT2D eigenvalue weighted by atomic mass is 32.2. The average Bonchev–Trinajstić information content (AvgIpc) is 0.982. The number of carboxylic acids is 1. The summed E-state index contributed by atoms with van der Waals surface area (Å²) < 4.78 is 117. The molecule has 1 aliphatic carbocycles. The second-order valence-corrected chi connectivity index (χ2v) is 24.0. The van der Waals surface area contributed by atoms with Gasteiger partial charge in [0.15, 0.2) is 27.4 Å². The molecule has 0 spiro atoms.